The Bertz CT molecular complexity index is 594. The Morgan fingerprint density at radius 2 is 2.15 bits per heavy atom. The number of aryl methyl sites for hydroxylation is 1. The Morgan fingerprint density at radius 3 is 2.80 bits per heavy atom. The van der Waals surface area contributed by atoms with Crippen molar-refractivity contribution < 1.29 is 4.39 Å². The molecule has 1 aliphatic rings. The first kappa shape index (κ1) is 13.5. The average molecular weight is 291 g/mol. The predicted molar refractivity (Wildman–Crippen MR) is 81.6 cm³/mol. The van der Waals surface area contributed by atoms with Crippen molar-refractivity contribution in [2.45, 2.75) is 13.3 Å². The van der Waals surface area contributed by atoms with Crippen LogP contribution in [0.15, 0.2) is 24.3 Å². The van der Waals surface area contributed by atoms with Gasteiger partial charge in [0.25, 0.3) is 0 Å². The quantitative estimate of drug-likeness (QED) is 0.945. The second kappa shape index (κ2) is 5.50. The summed E-state index contributed by atoms with van der Waals surface area (Å²) in [4.78, 5) is 8.22. The molecule has 1 fully saturated rings. The molecular weight excluding hydrogens is 273 g/mol. The van der Waals surface area contributed by atoms with E-state index in [1.54, 1.807) is 23.5 Å². The molecular formula is C15H18FN3S. The Balaban J connectivity index is 1.86. The maximum absolute atomic E-state index is 13.0. The molecule has 1 unspecified atom stereocenters. The number of hydrogen-bond donors (Lipinski definition) is 1. The van der Waals surface area contributed by atoms with Gasteiger partial charge in [0, 0.05) is 23.5 Å². The number of hydrogen-bond acceptors (Lipinski definition) is 4. The van der Waals surface area contributed by atoms with Gasteiger partial charge in [-0.2, -0.15) is 0 Å². The molecule has 1 saturated heterocycles. The first-order valence-corrected chi connectivity index (χ1v) is 7.67. The lowest BCUT2D eigenvalue weighted by Crippen LogP contribution is -2.22. The molecule has 0 aliphatic carbocycles. The van der Waals surface area contributed by atoms with E-state index in [2.05, 4.69) is 11.8 Å². The second-order valence-electron chi connectivity index (χ2n) is 5.24. The minimum atomic E-state index is -0.216. The van der Waals surface area contributed by atoms with Crippen LogP contribution in [-0.4, -0.2) is 24.6 Å². The van der Waals surface area contributed by atoms with Crippen molar-refractivity contribution in [2.75, 3.05) is 24.5 Å². The lowest BCUT2D eigenvalue weighted by molar-refractivity contribution is 0.602. The molecule has 0 spiro atoms. The predicted octanol–water partition coefficient (Wildman–Crippen LogP) is 3.04. The van der Waals surface area contributed by atoms with Crippen LogP contribution < -0.4 is 10.6 Å². The normalized spacial score (nSPS) is 18.8. The van der Waals surface area contributed by atoms with E-state index in [1.807, 2.05) is 0 Å². The standard InChI is InChI=1S/C15H18FN3S/c1-10-14(12-2-4-13(16)5-3-12)18-15(20-10)19-7-6-11(8-17)9-19/h2-5,11H,6-9,17H2,1H3. The summed E-state index contributed by atoms with van der Waals surface area (Å²) in [5.74, 6) is 0.362. The molecule has 1 aromatic carbocycles. The molecule has 5 heteroatoms. The summed E-state index contributed by atoms with van der Waals surface area (Å²) in [6.45, 7) is 4.83. The Hall–Kier alpha value is -1.46. The summed E-state index contributed by atoms with van der Waals surface area (Å²) in [6, 6.07) is 6.53. The van der Waals surface area contributed by atoms with Gasteiger partial charge in [-0.1, -0.05) is 0 Å². The van der Waals surface area contributed by atoms with Crippen molar-refractivity contribution in [2.24, 2.45) is 11.7 Å². The highest BCUT2D eigenvalue weighted by atomic mass is 32.1. The number of nitrogens with two attached hydrogens (primary N) is 1. The zero-order chi connectivity index (χ0) is 14.1. The van der Waals surface area contributed by atoms with E-state index in [-0.39, 0.29) is 5.82 Å². The van der Waals surface area contributed by atoms with Crippen LogP contribution in [-0.2, 0) is 0 Å². The molecule has 106 valence electrons. The molecule has 3 rings (SSSR count). The third-order valence-electron chi connectivity index (χ3n) is 3.79. The minimum Gasteiger partial charge on any atom is -0.348 e. The number of nitrogens with zero attached hydrogens (tertiary/aromatic N) is 2. The van der Waals surface area contributed by atoms with Gasteiger partial charge in [-0.05, 0) is 50.1 Å². The molecule has 0 amide bonds. The number of thiazole rings is 1. The van der Waals surface area contributed by atoms with Crippen LogP contribution in [0.2, 0.25) is 0 Å². The van der Waals surface area contributed by atoms with Gasteiger partial charge in [-0.25, -0.2) is 9.37 Å². The van der Waals surface area contributed by atoms with Crippen molar-refractivity contribution in [1.82, 2.24) is 4.98 Å². The lowest BCUT2D eigenvalue weighted by Gasteiger charge is -2.14. The fraction of sp³-hybridized carbons (Fsp3) is 0.400. The van der Waals surface area contributed by atoms with Gasteiger partial charge in [-0.3, -0.25) is 0 Å². The van der Waals surface area contributed by atoms with E-state index in [0.29, 0.717) is 5.92 Å². The van der Waals surface area contributed by atoms with Crippen LogP contribution in [0.3, 0.4) is 0 Å². The largest absolute Gasteiger partial charge is 0.348 e. The molecule has 3 nitrogen and oxygen atoms in total. The van der Waals surface area contributed by atoms with Gasteiger partial charge >= 0.3 is 0 Å². The molecule has 2 aromatic rings. The van der Waals surface area contributed by atoms with Crippen LogP contribution in [0.1, 0.15) is 11.3 Å². The highest BCUT2D eigenvalue weighted by molar-refractivity contribution is 7.16. The minimum absolute atomic E-state index is 0.216. The number of anilines is 1. The molecule has 0 saturated carbocycles. The Labute approximate surface area is 122 Å². The van der Waals surface area contributed by atoms with E-state index in [0.717, 1.165) is 42.4 Å². The van der Waals surface area contributed by atoms with Crippen LogP contribution in [0.25, 0.3) is 11.3 Å². The van der Waals surface area contributed by atoms with Crippen molar-refractivity contribution in [3.05, 3.63) is 35.0 Å². The van der Waals surface area contributed by atoms with E-state index in [4.69, 9.17) is 10.7 Å². The first-order chi connectivity index (χ1) is 9.67. The van der Waals surface area contributed by atoms with Crippen molar-refractivity contribution in [3.63, 3.8) is 0 Å². The molecule has 1 aliphatic heterocycles. The summed E-state index contributed by atoms with van der Waals surface area (Å²) >= 11 is 1.70. The van der Waals surface area contributed by atoms with Crippen molar-refractivity contribution in [1.29, 1.82) is 0 Å². The summed E-state index contributed by atoms with van der Waals surface area (Å²) in [5, 5.41) is 1.05. The fourth-order valence-electron chi connectivity index (χ4n) is 2.59. The third-order valence-corrected chi connectivity index (χ3v) is 4.82. The van der Waals surface area contributed by atoms with Gasteiger partial charge in [0.05, 0.1) is 5.69 Å². The molecule has 20 heavy (non-hydrogen) atoms. The molecule has 0 radical (unpaired) electrons. The van der Waals surface area contributed by atoms with Crippen LogP contribution in [0.4, 0.5) is 9.52 Å². The average Bonchev–Trinajstić information content (AvgIpc) is 3.06. The third kappa shape index (κ3) is 2.55. The monoisotopic (exact) mass is 291 g/mol. The van der Waals surface area contributed by atoms with Gasteiger partial charge in [0.15, 0.2) is 5.13 Å². The zero-order valence-corrected chi connectivity index (χ0v) is 12.3. The topological polar surface area (TPSA) is 42.1 Å². The summed E-state index contributed by atoms with van der Waals surface area (Å²) in [5.41, 5.74) is 7.67. The summed E-state index contributed by atoms with van der Waals surface area (Å²) in [7, 11) is 0. The molecule has 0 bridgehead atoms. The highest BCUT2D eigenvalue weighted by Gasteiger charge is 2.24. The van der Waals surface area contributed by atoms with Crippen molar-refractivity contribution >= 4 is 16.5 Å². The summed E-state index contributed by atoms with van der Waals surface area (Å²) < 4.78 is 13.0. The maximum atomic E-state index is 13.0. The van der Waals surface area contributed by atoms with E-state index < -0.39 is 0 Å². The smallest absolute Gasteiger partial charge is 0.186 e. The first-order valence-electron chi connectivity index (χ1n) is 6.85. The summed E-state index contributed by atoms with van der Waals surface area (Å²) in [6.07, 6.45) is 1.14. The number of aromatic nitrogens is 1. The van der Waals surface area contributed by atoms with Crippen LogP contribution in [0.5, 0.6) is 0 Å². The fourth-order valence-corrected chi connectivity index (χ4v) is 3.56. The van der Waals surface area contributed by atoms with Crippen LogP contribution in [0, 0.1) is 18.7 Å². The second-order valence-corrected chi connectivity index (χ2v) is 6.43. The van der Waals surface area contributed by atoms with E-state index >= 15 is 0 Å². The number of halogens is 1. The number of benzene rings is 1. The van der Waals surface area contributed by atoms with Crippen molar-refractivity contribution in [3.8, 4) is 11.3 Å². The van der Waals surface area contributed by atoms with Gasteiger partial charge in [-0.15, -0.1) is 11.3 Å². The Morgan fingerprint density at radius 1 is 1.40 bits per heavy atom. The zero-order valence-electron chi connectivity index (χ0n) is 11.5. The number of rotatable bonds is 3. The lowest BCUT2D eigenvalue weighted by atomic mass is 10.1. The molecule has 1 aromatic heterocycles. The van der Waals surface area contributed by atoms with Gasteiger partial charge in [0.1, 0.15) is 5.82 Å². The highest BCUT2D eigenvalue weighted by Crippen LogP contribution is 2.34. The Kier molecular flexibility index (Phi) is 3.72. The SMILES string of the molecule is Cc1sc(N2CCC(CN)C2)nc1-c1ccc(F)cc1. The van der Waals surface area contributed by atoms with E-state index in [9.17, 15) is 4.39 Å². The van der Waals surface area contributed by atoms with Gasteiger partial charge in [0.2, 0.25) is 0 Å². The molecule has 2 heterocycles. The molecule has 1 atom stereocenters. The van der Waals surface area contributed by atoms with Crippen LogP contribution >= 0.6 is 11.3 Å². The maximum Gasteiger partial charge on any atom is 0.186 e. The van der Waals surface area contributed by atoms with E-state index in [1.165, 1.54) is 17.0 Å². The molecule has 2 N–H and O–H groups in total. The van der Waals surface area contributed by atoms with Gasteiger partial charge < -0.3 is 10.6 Å².